The van der Waals surface area contributed by atoms with E-state index in [1.54, 1.807) is 7.11 Å². The molecule has 0 aliphatic carbocycles. The number of nitrogens with zero attached hydrogens (tertiary/aromatic N) is 1. The first-order valence-corrected chi connectivity index (χ1v) is 10.6. The van der Waals surface area contributed by atoms with Crippen LogP contribution in [0.4, 0.5) is 0 Å². The molecule has 1 amide bonds. The SMILES string of the molecule is COc1cccc(-c2cc(C(=O)NCCCCc3ccccc3)c3ccccc3n2)c1. The number of aryl methyl sites for hydroxylation is 1. The summed E-state index contributed by atoms with van der Waals surface area (Å²) in [5.74, 6) is 0.694. The van der Waals surface area contributed by atoms with E-state index < -0.39 is 0 Å². The van der Waals surface area contributed by atoms with Gasteiger partial charge in [0.1, 0.15) is 5.75 Å². The van der Waals surface area contributed by atoms with Gasteiger partial charge in [0.15, 0.2) is 0 Å². The van der Waals surface area contributed by atoms with Crippen LogP contribution in [0.2, 0.25) is 0 Å². The number of unbranched alkanes of at least 4 members (excludes halogenated alkanes) is 1. The molecule has 0 aliphatic rings. The van der Waals surface area contributed by atoms with E-state index >= 15 is 0 Å². The molecule has 4 aromatic rings. The van der Waals surface area contributed by atoms with Crippen LogP contribution in [0.3, 0.4) is 0 Å². The maximum atomic E-state index is 13.0. The molecular weight excluding hydrogens is 384 g/mol. The molecule has 4 heteroatoms. The summed E-state index contributed by atoms with van der Waals surface area (Å²) < 4.78 is 5.34. The van der Waals surface area contributed by atoms with Gasteiger partial charge in [0.2, 0.25) is 0 Å². The molecule has 0 saturated heterocycles. The Hall–Kier alpha value is -3.66. The maximum Gasteiger partial charge on any atom is 0.252 e. The molecule has 0 atom stereocenters. The zero-order valence-electron chi connectivity index (χ0n) is 17.7. The lowest BCUT2D eigenvalue weighted by atomic mass is 10.0. The first-order valence-electron chi connectivity index (χ1n) is 10.6. The Kier molecular flexibility index (Phi) is 6.58. The highest BCUT2D eigenvalue weighted by molar-refractivity contribution is 6.07. The molecule has 1 aromatic heterocycles. The number of nitrogens with one attached hydrogen (secondary N) is 1. The number of hydrogen-bond donors (Lipinski definition) is 1. The number of hydrogen-bond acceptors (Lipinski definition) is 3. The van der Waals surface area contributed by atoms with Crippen LogP contribution in [0.15, 0.2) is 84.9 Å². The summed E-state index contributed by atoms with van der Waals surface area (Å²) in [7, 11) is 1.64. The number of fused-ring (bicyclic) bond motifs is 1. The van der Waals surface area contributed by atoms with E-state index in [4.69, 9.17) is 9.72 Å². The summed E-state index contributed by atoms with van der Waals surface area (Å²) in [6.07, 6.45) is 3.00. The first-order chi connectivity index (χ1) is 15.2. The lowest BCUT2D eigenvalue weighted by Gasteiger charge is -2.11. The molecule has 0 saturated carbocycles. The lowest BCUT2D eigenvalue weighted by Crippen LogP contribution is -2.25. The number of pyridine rings is 1. The summed E-state index contributed by atoms with van der Waals surface area (Å²) in [5, 5.41) is 3.94. The number of benzene rings is 3. The fourth-order valence-electron chi connectivity index (χ4n) is 3.69. The van der Waals surface area contributed by atoms with Crippen LogP contribution in [-0.2, 0) is 6.42 Å². The summed E-state index contributed by atoms with van der Waals surface area (Å²) >= 11 is 0. The van der Waals surface area contributed by atoms with Crippen molar-refractivity contribution >= 4 is 16.8 Å². The van der Waals surface area contributed by atoms with E-state index in [1.807, 2.05) is 60.7 Å². The van der Waals surface area contributed by atoms with E-state index in [9.17, 15) is 4.79 Å². The van der Waals surface area contributed by atoms with E-state index in [0.29, 0.717) is 12.1 Å². The highest BCUT2D eigenvalue weighted by Crippen LogP contribution is 2.27. The molecule has 1 heterocycles. The van der Waals surface area contributed by atoms with Crippen LogP contribution < -0.4 is 10.1 Å². The van der Waals surface area contributed by atoms with E-state index in [1.165, 1.54) is 5.56 Å². The Morgan fingerprint density at radius 2 is 1.71 bits per heavy atom. The monoisotopic (exact) mass is 410 g/mol. The molecule has 0 aliphatic heterocycles. The van der Waals surface area contributed by atoms with Gasteiger partial charge < -0.3 is 10.1 Å². The summed E-state index contributed by atoms with van der Waals surface area (Å²) in [5.41, 5.74) is 4.45. The number of carbonyl (C=O) groups is 1. The van der Waals surface area contributed by atoms with Gasteiger partial charge in [0, 0.05) is 17.5 Å². The number of rotatable bonds is 8. The molecule has 1 N–H and O–H groups in total. The molecule has 0 unspecified atom stereocenters. The van der Waals surface area contributed by atoms with Gasteiger partial charge in [0.05, 0.1) is 23.9 Å². The maximum absolute atomic E-state index is 13.0. The van der Waals surface area contributed by atoms with Crippen LogP contribution in [0.5, 0.6) is 5.75 Å². The first kappa shape index (κ1) is 20.6. The largest absolute Gasteiger partial charge is 0.497 e. The third-order valence-electron chi connectivity index (χ3n) is 5.35. The number of aromatic nitrogens is 1. The van der Waals surface area contributed by atoms with E-state index in [2.05, 4.69) is 29.6 Å². The zero-order chi connectivity index (χ0) is 21.5. The Morgan fingerprint density at radius 3 is 2.55 bits per heavy atom. The van der Waals surface area contributed by atoms with Gasteiger partial charge in [-0.1, -0.05) is 60.7 Å². The highest BCUT2D eigenvalue weighted by atomic mass is 16.5. The number of carbonyl (C=O) groups excluding carboxylic acids is 1. The van der Waals surface area contributed by atoms with Gasteiger partial charge in [0.25, 0.3) is 5.91 Å². The van der Waals surface area contributed by atoms with Gasteiger partial charge in [-0.05, 0) is 49.1 Å². The normalized spacial score (nSPS) is 10.7. The standard InChI is InChI=1S/C27H26N2O2/c1-31-22-14-9-13-21(18-22)26-19-24(23-15-5-6-16-25(23)29-26)27(30)28-17-8-7-12-20-10-3-2-4-11-20/h2-6,9-11,13-16,18-19H,7-8,12,17H2,1H3,(H,28,30). The molecule has 4 nitrogen and oxygen atoms in total. The summed E-state index contributed by atoms with van der Waals surface area (Å²) in [6, 6.07) is 27.8. The summed E-state index contributed by atoms with van der Waals surface area (Å²) in [4.78, 5) is 17.8. The molecule has 4 rings (SSSR count). The fourth-order valence-corrected chi connectivity index (χ4v) is 3.69. The topological polar surface area (TPSA) is 51.2 Å². The highest BCUT2D eigenvalue weighted by Gasteiger charge is 2.14. The fraction of sp³-hybridized carbons (Fsp3) is 0.185. The lowest BCUT2D eigenvalue weighted by molar-refractivity contribution is 0.0954. The van der Waals surface area contributed by atoms with Crippen molar-refractivity contribution in [3.05, 3.63) is 96.1 Å². The molecule has 0 spiro atoms. The van der Waals surface area contributed by atoms with Crippen LogP contribution in [0.1, 0.15) is 28.8 Å². The third kappa shape index (κ3) is 5.10. The van der Waals surface area contributed by atoms with Gasteiger partial charge in [-0.3, -0.25) is 4.79 Å². The van der Waals surface area contributed by atoms with Crippen molar-refractivity contribution in [3.8, 4) is 17.0 Å². The minimum atomic E-state index is -0.0672. The molecule has 31 heavy (non-hydrogen) atoms. The number of ether oxygens (including phenoxy) is 1. The molecule has 0 fully saturated rings. The Bertz CT molecular complexity index is 1170. The van der Waals surface area contributed by atoms with Crippen molar-refractivity contribution in [2.75, 3.05) is 13.7 Å². The average molecular weight is 411 g/mol. The Morgan fingerprint density at radius 1 is 0.903 bits per heavy atom. The Labute approximate surface area is 182 Å². The molecular formula is C27H26N2O2. The smallest absolute Gasteiger partial charge is 0.252 e. The van der Waals surface area contributed by atoms with Crippen molar-refractivity contribution in [1.29, 1.82) is 0 Å². The van der Waals surface area contributed by atoms with Crippen molar-refractivity contribution in [2.24, 2.45) is 0 Å². The predicted octanol–water partition coefficient (Wildman–Crippen LogP) is 5.66. The van der Waals surface area contributed by atoms with Crippen molar-refractivity contribution in [2.45, 2.75) is 19.3 Å². The minimum absolute atomic E-state index is 0.0672. The third-order valence-corrected chi connectivity index (χ3v) is 5.35. The van der Waals surface area contributed by atoms with Crippen LogP contribution in [0, 0.1) is 0 Å². The minimum Gasteiger partial charge on any atom is -0.497 e. The van der Waals surface area contributed by atoms with E-state index in [-0.39, 0.29) is 5.91 Å². The quantitative estimate of drug-likeness (QED) is 0.381. The van der Waals surface area contributed by atoms with Gasteiger partial charge in [-0.2, -0.15) is 0 Å². The summed E-state index contributed by atoms with van der Waals surface area (Å²) in [6.45, 7) is 0.650. The van der Waals surface area contributed by atoms with Gasteiger partial charge in [-0.15, -0.1) is 0 Å². The van der Waals surface area contributed by atoms with Gasteiger partial charge >= 0.3 is 0 Å². The van der Waals surface area contributed by atoms with Crippen molar-refractivity contribution in [1.82, 2.24) is 10.3 Å². The van der Waals surface area contributed by atoms with Crippen molar-refractivity contribution < 1.29 is 9.53 Å². The van der Waals surface area contributed by atoms with E-state index in [0.717, 1.165) is 47.2 Å². The van der Waals surface area contributed by atoms with Crippen LogP contribution in [0.25, 0.3) is 22.2 Å². The van der Waals surface area contributed by atoms with Gasteiger partial charge in [-0.25, -0.2) is 4.98 Å². The molecule has 0 radical (unpaired) electrons. The number of amides is 1. The molecule has 3 aromatic carbocycles. The average Bonchev–Trinajstić information content (AvgIpc) is 2.83. The molecule has 0 bridgehead atoms. The number of para-hydroxylation sites is 1. The zero-order valence-corrected chi connectivity index (χ0v) is 17.7. The van der Waals surface area contributed by atoms with Crippen molar-refractivity contribution in [3.63, 3.8) is 0 Å². The molecule has 156 valence electrons. The van der Waals surface area contributed by atoms with Crippen LogP contribution >= 0.6 is 0 Å². The number of methoxy groups -OCH3 is 1. The second-order valence-electron chi connectivity index (χ2n) is 7.50. The second kappa shape index (κ2) is 9.90. The predicted molar refractivity (Wildman–Crippen MR) is 125 cm³/mol. The second-order valence-corrected chi connectivity index (χ2v) is 7.50. The van der Waals surface area contributed by atoms with Crippen LogP contribution in [-0.4, -0.2) is 24.5 Å². The Balaban J connectivity index is 1.49.